The van der Waals surface area contributed by atoms with Crippen LogP contribution in [0, 0.1) is 5.82 Å². The zero-order valence-electron chi connectivity index (χ0n) is 19.8. The molecule has 1 fully saturated rings. The van der Waals surface area contributed by atoms with Crippen molar-refractivity contribution in [2.24, 2.45) is 0 Å². The van der Waals surface area contributed by atoms with Gasteiger partial charge in [0.1, 0.15) is 23.0 Å². The van der Waals surface area contributed by atoms with E-state index in [-0.39, 0.29) is 35.2 Å². The van der Waals surface area contributed by atoms with E-state index in [4.69, 9.17) is 37.4 Å². The van der Waals surface area contributed by atoms with Crippen LogP contribution in [0.4, 0.5) is 9.18 Å². The number of hydrogen-bond acceptors (Lipinski definition) is 8. The zero-order chi connectivity index (χ0) is 26.2. The molecule has 1 atom stereocenters. The van der Waals surface area contributed by atoms with E-state index in [0.29, 0.717) is 27.0 Å². The van der Waals surface area contributed by atoms with Crippen LogP contribution >= 0.6 is 34.5 Å². The molecule has 1 aliphatic rings. The molecule has 1 amide bonds. The van der Waals surface area contributed by atoms with Crippen molar-refractivity contribution in [1.82, 2.24) is 20.1 Å². The Bertz CT molecular complexity index is 1290. The van der Waals surface area contributed by atoms with Gasteiger partial charge in [-0.05, 0) is 45.9 Å². The molecule has 2 aromatic heterocycles. The highest BCUT2D eigenvalue weighted by molar-refractivity contribution is 7.18. The van der Waals surface area contributed by atoms with Gasteiger partial charge in [0, 0.05) is 11.6 Å². The van der Waals surface area contributed by atoms with Crippen molar-refractivity contribution in [1.29, 1.82) is 0 Å². The van der Waals surface area contributed by atoms with Crippen LogP contribution in [0.1, 0.15) is 27.7 Å². The first kappa shape index (κ1) is 26.3. The number of ether oxygens (including phenoxy) is 3. The number of hydrogen-bond donors (Lipinski definition) is 1. The van der Waals surface area contributed by atoms with Gasteiger partial charge in [-0.25, -0.2) is 14.2 Å². The van der Waals surface area contributed by atoms with Crippen LogP contribution in [0.2, 0.25) is 10.2 Å². The number of carboxylic acid groups (broad SMARTS) is 1. The number of benzene rings is 1. The Morgan fingerprint density at radius 3 is 2.67 bits per heavy atom. The standard InChI is InChI=1S/C23H23Cl2FN4O5S/c1-11(2)35-17-6-5-16(27-19(17)25)21-29-28-20(36-21)13-7-15(26)18(8-14(13)24)33-9-12-10-34-23(3,4)30(12)22(31)32/h5-8,11-12H,9-10H2,1-4H3,(H,31,32). The van der Waals surface area contributed by atoms with Crippen LogP contribution in [-0.2, 0) is 4.74 Å². The van der Waals surface area contributed by atoms with Crippen molar-refractivity contribution >= 4 is 40.6 Å². The molecule has 0 bridgehead atoms. The van der Waals surface area contributed by atoms with Crippen molar-refractivity contribution in [3.8, 4) is 32.8 Å². The summed E-state index contributed by atoms with van der Waals surface area (Å²) in [5.41, 5.74) is -0.189. The fourth-order valence-corrected chi connectivity index (χ4v) is 5.04. The molecule has 9 nitrogen and oxygen atoms in total. The van der Waals surface area contributed by atoms with Gasteiger partial charge in [-0.15, -0.1) is 10.2 Å². The SMILES string of the molecule is CC(C)Oc1ccc(-c2nnc(-c3cc(F)c(OCC4COC(C)(C)N4C(=O)O)cc3Cl)s2)nc1Cl. The van der Waals surface area contributed by atoms with E-state index < -0.39 is 23.7 Å². The van der Waals surface area contributed by atoms with Gasteiger partial charge in [-0.3, -0.25) is 4.90 Å². The molecular formula is C23H23Cl2FN4O5S. The van der Waals surface area contributed by atoms with Gasteiger partial charge in [-0.1, -0.05) is 34.5 Å². The Kier molecular flexibility index (Phi) is 7.56. The highest BCUT2D eigenvalue weighted by Crippen LogP contribution is 2.38. The average molecular weight is 557 g/mol. The molecule has 0 aliphatic carbocycles. The number of carbonyl (C=O) groups is 1. The fraction of sp³-hybridized carbons (Fsp3) is 0.391. The minimum atomic E-state index is -1.15. The molecule has 1 N–H and O–H groups in total. The molecule has 36 heavy (non-hydrogen) atoms. The zero-order valence-corrected chi connectivity index (χ0v) is 22.1. The first-order chi connectivity index (χ1) is 17.0. The van der Waals surface area contributed by atoms with E-state index in [2.05, 4.69) is 15.2 Å². The summed E-state index contributed by atoms with van der Waals surface area (Å²) in [4.78, 5) is 17.1. The maximum atomic E-state index is 14.9. The smallest absolute Gasteiger partial charge is 0.410 e. The predicted octanol–water partition coefficient (Wildman–Crippen LogP) is 5.99. The van der Waals surface area contributed by atoms with E-state index >= 15 is 0 Å². The van der Waals surface area contributed by atoms with Gasteiger partial charge in [0.25, 0.3) is 0 Å². The lowest BCUT2D eigenvalue weighted by molar-refractivity contribution is -0.0430. The van der Waals surface area contributed by atoms with Gasteiger partial charge in [-0.2, -0.15) is 0 Å². The number of amides is 1. The average Bonchev–Trinajstić information content (AvgIpc) is 3.39. The summed E-state index contributed by atoms with van der Waals surface area (Å²) in [6.45, 7) is 7.07. The Morgan fingerprint density at radius 2 is 2.00 bits per heavy atom. The molecule has 0 saturated carbocycles. The largest absolute Gasteiger partial charge is 0.488 e. The first-order valence-electron chi connectivity index (χ1n) is 10.9. The number of halogens is 3. The molecule has 192 valence electrons. The van der Waals surface area contributed by atoms with Crippen LogP contribution in [0.5, 0.6) is 11.5 Å². The molecule has 1 aliphatic heterocycles. The minimum Gasteiger partial charge on any atom is -0.488 e. The number of aromatic nitrogens is 3. The second kappa shape index (κ2) is 10.3. The highest BCUT2D eigenvalue weighted by atomic mass is 35.5. The molecule has 1 unspecified atom stereocenters. The van der Waals surface area contributed by atoms with Crippen molar-refractivity contribution < 1.29 is 28.5 Å². The number of nitrogens with zero attached hydrogens (tertiary/aromatic N) is 4. The monoisotopic (exact) mass is 556 g/mol. The molecule has 0 radical (unpaired) electrons. The van der Waals surface area contributed by atoms with Crippen LogP contribution < -0.4 is 9.47 Å². The Morgan fingerprint density at radius 1 is 1.28 bits per heavy atom. The van der Waals surface area contributed by atoms with Gasteiger partial charge in [0.05, 0.1) is 23.8 Å². The predicted molar refractivity (Wildman–Crippen MR) is 133 cm³/mol. The third-order valence-electron chi connectivity index (χ3n) is 5.28. The summed E-state index contributed by atoms with van der Waals surface area (Å²) >= 11 is 13.8. The molecule has 1 saturated heterocycles. The van der Waals surface area contributed by atoms with Crippen LogP contribution in [0.25, 0.3) is 21.3 Å². The van der Waals surface area contributed by atoms with Gasteiger partial charge < -0.3 is 19.3 Å². The molecule has 3 aromatic rings. The van der Waals surface area contributed by atoms with Crippen LogP contribution in [0.3, 0.4) is 0 Å². The maximum absolute atomic E-state index is 14.9. The van der Waals surface area contributed by atoms with E-state index in [1.165, 1.54) is 23.5 Å². The minimum absolute atomic E-state index is 0.0540. The summed E-state index contributed by atoms with van der Waals surface area (Å²) in [6, 6.07) is 5.34. The molecule has 4 rings (SSSR count). The number of rotatable bonds is 7. The van der Waals surface area contributed by atoms with Crippen LogP contribution in [-0.4, -0.2) is 62.4 Å². The van der Waals surface area contributed by atoms with Crippen molar-refractivity contribution in [3.63, 3.8) is 0 Å². The summed E-state index contributed by atoms with van der Waals surface area (Å²) in [7, 11) is 0. The summed E-state index contributed by atoms with van der Waals surface area (Å²) in [6.07, 6.45) is -1.20. The fourth-order valence-electron chi connectivity index (χ4n) is 3.70. The van der Waals surface area contributed by atoms with Crippen molar-refractivity contribution in [3.05, 3.63) is 40.3 Å². The first-order valence-corrected chi connectivity index (χ1v) is 12.5. The molecule has 0 spiro atoms. The van der Waals surface area contributed by atoms with Crippen LogP contribution in [0.15, 0.2) is 24.3 Å². The highest BCUT2D eigenvalue weighted by Gasteiger charge is 2.44. The van der Waals surface area contributed by atoms with Gasteiger partial charge >= 0.3 is 6.09 Å². The summed E-state index contributed by atoms with van der Waals surface area (Å²) < 4.78 is 31.6. The van der Waals surface area contributed by atoms with Crippen molar-refractivity contribution in [2.45, 2.75) is 45.6 Å². The quantitative estimate of drug-likeness (QED) is 0.353. The summed E-state index contributed by atoms with van der Waals surface area (Å²) in [5.74, 6) is -0.333. The topological polar surface area (TPSA) is 107 Å². The van der Waals surface area contributed by atoms with Crippen molar-refractivity contribution in [2.75, 3.05) is 13.2 Å². The van der Waals surface area contributed by atoms with Gasteiger partial charge in [0.15, 0.2) is 27.5 Å². The maximum Gasteiger partial charge on any atom is 0.410 e. The molecule has 1 aromatic carbocycles. The van der Waals surface area contributed by atoms with Gasteiger partial charge in [0.2, 0.25) is 0 Å². The lowest BCUT2D eigenvalue weighted by Crippen LogP contribution is -2.49. The normalized spacial score (nSPS) is 17.0. The Balaban J connectivity index is 1.51. The second-order valence-electron chi connectivity index (χ2n) is 8.70. The Hall–Kier alpha value is -2.73. The molecular weight excluding hydrogens is 534 g/mol. The third-order valence-corrected chi connectivity index (χ3v) is 6.85. The molecule has 13 heteroatoms. The summed E-state index contributed by atoms with van der Waals surface area (Å²) in [5, 5.41) is 19.0. The number of pyridine rings is 1. The molecule has 3 heterocycles. The van der Waals surface area contributed by atoms with E-state index in [1.54, 1.807) is 26.0 Å². The lowest BCUT2D eigenvalue weighted by Gasteiger charge is -2.30. The van der Waals surface area contributed by atoms with E-state index in [9.17, 15) is 14.3 Å². The Labute approximate surface area is 220 Å². The lowest BCUT2D eigenvalue weighted by atomic mass is 10.2. The second-order valence-corrected chi connectivity index (χ2v) is 10.4. The van der Waals surface area contributed by atoms with E-state index in [1.807, 2.05) is 13.8 Å². The van der Waals surface area contributed by atoms with E-state index in [0.717, 1.165) is 4.90 Å². The third kappa shape index (κ3) is 5.49.